The molecule has 1 aromatic carbocycles. The Balaban J connectivity index is 3.06. The normalized spacial score (nSPS) is 12.5. The molecule has 0 saturated carbocycles. The number of hydrogen-bond donors (Lipinski definition) is 1. The van der Waals surface area contributed by atoms with Crippen molar-refractivity contribution in [2.45, 2.75) is 19.4 Å². The third-order valence-corrected chi connectivity index (χ3v) is 3.04. The summed E-state index contributed by atoms with van der Waals surface area (Å²) in [5.41, 5.74) is 8.11. The predicted octanol–water partition coefficient (Wildman–Crippen LogP) is 4.69. The monoisotopic (exact) mass is 304 g/mol. The second-order valence-electron chi connectivity index (χ2n) is 2.72. The van der Waals surface area contributed by atoms with Crippen molar-refractivity contribution >= 4 is 31.9 Å². The minimum absolute atomic E-state index is 0.0255. The average Bonchev–Trinajstić information content (AvgIpc) is 2.10. The van der Waals surface area contributed by atoms with E-state index in [2.05, 4.69) is 37.0 Å². The number of hydrogen-bond acceptors (Lipinski definition) is 2. The van der Waals surface area contributed by atoms with Crippen LogP contribution in [0.5, 0.6) is 0 Å². The molecule has 1 aromatic rings. The van der Waals surface area contributed by atoms with Crippen molar-refractivity contribution in [2.24, 2.45) is 5.11 Å². The summed E-state index contributed by atoms with van der Waals surface area (Å²) in [5.74, 6) is 0. The van der Waals surface area contributed by atoms with Gasteiger partial charge in [-0.2, -0.15) is 5.11 Å². The van der Waals surface area contributed by atoms with Gasteiger partial charge in [-0.05, 0) is 24.1 Å². The van der Waals surface area contributed by atoms with Crippen LogP contribution in [0, 0.1) is 5.53 Å². The Morgan fingerprint density at radius 2 is 2.15 bits per heavy atom. The van der Waals surface area contributed by atoms with Gasteiger partial charge in [-0.3, -0.25) is 0 Å². The first kappa shape index (κ1) is 10.9. The first-order chi connectivity index (χ1) is 6.19. The molecule has 0 saturated heterocycles. The zero-order chi connectivity index (χ0) is 9.84. The largest absolute Gasteiger partial charge is 0.209 e. The van der Waals surface area contributed by atoms with E-state index in [9.17, 15) is 0 Å². The molecule has 0 aliphatic carbocycles. The average molecular weight is 306 g/mol. The molecule has 0 radical (unpaired) electrons. The van der Waals surface area contributed by atoms with Crippen molar-refractivity contribution in [3.05, 3.63) is 32.7 Å². The minimum Gasteiger partial charge on any atom is -0.209 e. The molecule has 0 bridgehead atoms. The van der Waals surface area contributed by atoms with E-state index in [1.165, 1.54) is 0 Å². The van der Waals surface area contributed by atoms with Crippen molar-refractivity contribution in [3.8, 4) is 0 Å². The predicted molar refractivity (Wildman–Crippen MR) is 60.0 cm³/mol. The smallest absolute Gasteiger partial charge is 0.0963 e. The van der Waals surface area contributed by atoms with Gasteiger partial charge in [0.1, 0.15) is 0 Å². The molecule has 1 atom stereocenters. The van der Waals surface area contributed by atoms with E-state index in [1.807, 2.05) is 25.1 Å². The summed E-state index contributed by atoms with van der Waals surface area (Å²) in [4.78, 5) is 0. The Morgan fingerprint density at radius 3 is 2.62 bits per heavy atom. The van der Waals surface area contributed by atoms with Gasteiger partial charge < -0.3 is 0 Å². The second kappa shape index (κ2) is 4.86. The summed E-state index contributed by atoms with van der Waals surface area (Å²) in [7, 11) is 0. The molecule has 2 nitrogen and oxygen atoms in total. The maximum atomic E-state index is 7.04. The van der Waals surface area contributed by atoms with E-state index in [-0.39, 0.29) is 6.04 Å². The molecule has 0 heterocycles. The van der Waals surface area contributed by atoms with E-state index in [0.29, 0.717) is 0 Å². The van der Waals surface area contributed by atoms with Gasteiger partial charge in [0.15, 0.2) is 0 Å². The van der Waals surface area contributed by atoms with Crippen LogP contribution >= 0.6 is 31.9 Å². The van der Waals surface area contributed by atoms with Crippen molar-refractivity contribution in [2.75, 3.05) is 0 Å². The Bertz CT molecular complexity index is 312. The first-order valence-corrected chi connectivity index (χ1v) is 5.59. The van der Waals surface area contributed by atoms with Crippen molar-refractivity contribution < 1.29 is 0 Å². The van der Waals surface area contributed by atoms with Gasteiger partial charge in [0.05, 0.1) is 6.04 Å². The topological polar surface area (TPSA) is 36.2 Å². The third kappa shape index (κ3) is 2.61. The van der Waals surface area contributed by atoms with Crippen LogP contribution in [0.4, 0.5) is 0 Å². The lowest BCUT2D eigenvalue weighted by Crippen LogP contribution is -1.93. The molecular formula is C9H10Br2N2. The number of halogens is 2. The van der Waals surface area contributed by atoms with Gasteiger partial charge in [0.2, 0.25) is 0 Å². The standard InChI is InChI=1S/C9H10Br2N2/c1-2-9(13-12)7-4-3-6(10)5-8(7)11/h3-5,9,12H,2H2,1H3. The third-order valence-electron chi connectivity index (χ3n) is 1.86. The molecule has 0 fully saturated rings. The van der Waals surface area contributed by atoms with Crippen molar-refractivity contribution in [1.82, 2.24) is 0 Å². The molecule has 0 aromatic heterocycles. The highest BCUT2D eigenvalue weighted by Crippen LogP contribution is 2.30. The summed E-state index contributed by atoms with van der Waals surface area (Å²) in [5, 5.41) is 3.57. The quantitative estimate of drug-likeness (QED) is 0.786. The number of rotatable bonds is 3. The molecule has 1 unspecified atom stereocenters. The van der Waals surface area contributed by atoms with Gasteiger partial charge in [-0.25, -0.2) is 5.53 Å². The molecule has 0 aliphatic rings. The van der Waals surface area contributed by atoms with Gasteiger partial charge >= 0.3 is 0 Å². The Morgan fingerprint density at radius 1 is 1.46 bits per heavy atom. The lowest BCUT2D eigenvalue weighted by Gasteiger charge is -2.10. The van der Waals surface area contributed by atoms with Gasteiger partial charge in [0.25, 0.3) is 0 Å². The van der Waals surface area contributed by atoms with Crippen LogP contribution in [0.15, 0.2) is 32.3 Å². The summed E-state index contributed by atoms with van der Waals surface area (Å²) in [6, 6.07) is 5.90. The van der Waals surface area contributed by atoms with Gasteiger partial charge in [0, 0.05) is 8.95 Å². The highest BCUT2D eigenvalue weighted by Gasteiger charge is 2.10. The Kier molecular flexibility index (Phi) is 4.06. The number of nitrogens with one attached hydrogen (secondary N) is 1. The number of nitrogens with zero attached hydrogens (tertiary/aromatic N) is 1. The van der Waals surface area contributed by atoms with E-state index in [1.54, 1.807) is 0 Å². The fourth-order valence-electron chi connectivity index (χ4n) is 1.15. The zero-order valence-electron chi connectivity index (χ0n) is 7.22. The van der Waals surface area contributed by atoms with E-state index in [0.717, 1.165) is 20.9 Å². The number of benzene rings is 1. The van der Waals surface area contributed by atoms with E-state index in [4.69, 9.17) is 5.53 Å². The van der Waals surface area contributed by atoms with E-state index < -0.39 is 0 Å². The van der Waals surface area contributed by atoms with Gasteiger partial charge in [-0.15, -0.1) is 0 Å². The van der Waals surface area contributed by atoms with Crippen LogP contribution in [0.25, 0.3) is 0 Å². The van der Waals surface area contributed by atoms with Crippen LogP contribution < -0.4 is 0 Å². The SMILES string of the molecule is CCC(N=N)c1ccc(Br)cc1Br. The van der Waals surface area contributed by atoms with Crippen molar-refractivity contribution in [3.63, 3.8) is 0 Å². The fourth-order valence-corrected chi connectivity index (χ4v) is 2.46. The van der Waals surface area contributed by atoms with Crippen LogP contribution in [0.2, 0.25) is 0 Å². The summed E-state index contributed by atoms with van der Waals surface area (Å²) in [6.07, 6.45) is 0.851. The first-order valence-electron chi connectivity index (χ1n) is 4.00. The lowest BCUT2D eigenvalue weighted by atomic mass is 10.1. The maximum Gasteiger partial charge on any atom is 0.0963 e. The highest BCUT2D eigenvalue weighted by molar-refractivity contribution is 9.11. The molecule has 13 heavy (non-hydrogen) atoms. The minimum atomic E-state index is -0.0255. The lowest BCUT2D eigenvalue weighted by molar-refractivity contribution is 0.642. The molecular weight excluding hydrogens is 296 g/mol. The molecule has 70 valence electrons. The Hall–Kier alpha value is -0.220. The summed E-state index contributed by atoms with van der Waals surface area (Å²) in [6.45, 7) is 2.02. The molecule has 0 spiro atoms. The molecule has 1 N–H and O–H groups in total. The fraction of sp³-hybridized carbons (Fsp3) is 0.333. The molecule has 1 rings (SSSR count). The zero-order valence-corrected chi connectivity index (χ0v) is 10.4. The van der Waals surface area contributed by atoms with Gasteiger partial charge in [-0.1, -0.05) is 44.8 Å². The van der Waals surface area contributed by atoms with E-state index >= 15 is 0 Å². The van der Waals surface area contributed by atoms with Crippen LogP contribution in [0.3, 0.4) is 0 Å². The summed E-state index contributed by atoms with van der Waals surface area (Å²) >= 11 is 6.84. The Labute approximate surface area is 94.5 Å². The molecule has 0 aliphatic heterocycles. The molecule has 0 amide bonds. The second-order valence-corrected chi connectivity index (χ2v) is 4.49. The maximum absolute atomic E-state index is 7.04. The summed E-state index contributed by atoms with van der Waals surface area (Å²) < 4.78 is 2.03. The molecule has 4 heteroatoms. The van der Waals surface area contributed by atoms with Crippen LogP contribution in [-0.4, -0.2) is 0 Å². The van der Waals surface area contributed by atoms with Crippen molar-refractivity contribution in [1.29, 1.82) is 5.53 Å². The van der Waals surface area contributed by atoms with Crippen LogP contribution in [-0.2, 0) is 0 Å². The highest BCUT2D eigenvalue weighted by atomic mass is 79.9. The van der Waals surface area contributed by atoms with Crippen LogP contribution in [0.1, 0.15) is 24.9 Å².